The molecule has 1 heteroatoms. The first-order valence-corrected chi connectivity index (χ1v) is 5.02. The van der Waals surface area contributed by atoms with E-state index >= 15 is 0 Å². The lowest BCUT2D eigenvalue weighted by atomic mass is 10.0. The van der Waals surface area contributed by atoms with E-state index in [0.29, 0.717) is 0 Å². The molecule has 1 aromatic carbocycles. The minimum Gasteiger partial charge on any atom is -0.295 e. The summed E-state index contributed by atoms with van der Waals surface area (Å²) >= 11 is 0. The Morgan fingerprint density at radius 3 is 2.13 bits per heavy atom. The third kappa shape index (κ3) is 3.94. The zero-order chi connectivity index (χ0) is 11.3. The molecule has 1 nitrogen and oxygen atoms in total. The van der Waals surface area contributed by atoms with Crippen LogP contribution in [0.25, 0.3) is 5.57 Å². The molecule has 0 aliphatic rings. The Hall–Kier alpha value is -1.63. The number of allylic oxidation sites excluding steroid dienone is 4. The summed E-state index contributed by atoms with van der Waals surface area (Å²) in [6.07, 6.45) is 3.67. The van der Waals surface area contributed by atoms with Gasteiger partial charge >= 0.3 is 0 Å². The van der Waals surface area contributed by atoms with Crippen molar-refractivity contribution in [1.29, 1.82) is 0 Å². The summed E-state index contributed by atoms with van der Waals surface area (Å²) in [5.74, 6) is 0.0876. The first-order chi connectivity index (χ1) is 7.09. The van der Waals surface area contributed by atoms with E-state index in [2.05, 4.69) is 12.1 Å². The van der Waals surface area contributed by atoms with Crippen molar-refractivity contribution in [2.45, 2.75) is 20.8 Å². The van der Waals surface area contributed by atoms with Gasteiger partial charge in [0.05, 0.1) is 0 Å². The van der Waals surface area contributed by atoms with Gasteiger partial charge in [0.25, 0.3) is 0 Å². The lowest BCUT2D eigenvalue weighted by Gasteiger charge is -2.01. The number of carbonyl (C=O) groups excluding carboxylic acids is 1. The minimum absolute atomic E-state index is 0.0876. The van der Waals surface area contributed by atoms with Crippen molar-refractivity contribution >= 4 is 11.4 Å². The van der Waals surface area contributed by atoms with E-state index in [1.807, 2.05) is 38.1 Å². The maximum Gasteiger partial charge on any atom is 0.152 e. The van der Waals surface area contributed by atoms with Crippen LogP contribution in [0.15, 0.2) is 48.1 Å². The average Bonchev–Trinajstić information content (AvgIpc) is 2.17. The number of ketones is 1. The van der Waals surface area contributed by atoms with Crippen LogP contribution in [-0.2, 0) is 4.79 Å². The highest BCUT2D eigenvalue weighted by Crippen LogP contribution is 2.15. The Morgan fingerprint density at radius 1 is 1.00 bits per heavy atom. The summed E-state index contributed by atoms with van der Waals surface area (Å²) in [4.78, 5) is 10.9. The number of hydrogen-bond donors (Lipinski definition) is 0. The smallest absolute Gasteiger partial charge is 0.152 e. The Balaban J connectivity index is 2.90. The van der Waals surface area contributed by atoms with Gasteiger partial charge in [0.15, 0.2) is 5.78 Å². The van der Waals surface area contributed by atoms with Gasteiger partial charge in [-0.1, -0.05) is 36.4 Å². The predicted molar refractivity (Wildman–Crippen MR) is 64.5 cm³/mol. The Morgan fingerprint density at radius 2 is 1.60 bits per heavy atom. The van der Waals surface area contributed by atoms with Crippen molar-refractivity contribution in [2.75, 3.05) is 0 Å². The number of rotatable bonds is 3. The first-order valence-electron chi connectivity index (χ1n) is 5.02. The molecule has 0 atom stereocenters. The largest absolute Gasteiger partial charge is 0.295 e. The monoisotopic (exact) mass is 200 g/mol. The van der Waals surface area contributed by atoms with E-state index in [0.717, 1.165) is 5.57 Å². The van der Waals surface area contributed by atoms with Gasteiger partial charge in [0, 0.05) is 0 Å². The van der Waals surface area contributed by atoms with Gasteiger partial charge in [-0.2, -0.15) is 0 Å². The fraction of sp³-hybridized carbons (Fsp3) is 0.214. The van der Waals surface area contributed by atoms with E-state index < -0.39 is 0 Å². The maximum atomic E-state index is 10.9. The molecule has 0 amide bonds. The molecule has 0 unspecified atom stereocenters. The van der Waals surface area contributed by atoms with E-state index in [-0.39, 0.29) is 5.78 Å². The Bertz CT molecular complexity index is 397. The molecule has 0 aliphatic carbocycles. The molecular weight excluding hydrogens is 184 g/mol. The molecule has 0 fully saturated rings. The van der Waals surface area contributed by atoms with Crippen LogP contribution < -0.4 is 0 Å². The molecule has 0 saturated carbocycles. The molecule has 0 radical (unpaired) electrons. The standard InChI is InChI=1S/C14H16O/c1-11(10-13(3)15)9-12(2)14-7-5-4-6-8-14/h4-10H,1-3H3. The van der Waals surface area contributed by atoms with Gasteiger partial charge in [-0.3, -0.25) is 4.79 Å². The SMILES string of the molecule is CC(=O)C=C(C)C=C(C)c1ccccc1. The van der Waals surface area contributed by atoms with Crippen LogP contribution in [0.1, 0.15) is 26.3 Å². The number of carbonyl (C=O) groups is 1. The molecule has 15 heavy (non-hydrogen) atoms. The molecule has 0 bridgehead atoms. The van der Waals surface area contributed by atoms with Gasteiger partial charge in [0.1, 0.15) is 0 Å². The van der Waals surface area contributed by atoms with E-state index in [1.165, 1.54) is 11.1 Å². The summed E-state index contributed by atoms with van der Waals surface area (Å²) in [5, 5.41) is 0. The summed E-state index contributed by atoms with van der Waals surface area (Å²) in [6, 6.07) is 10.1. The third-order valence-electron chi connectivity index (χ3n) is 2.10. The van der Waals surface area contributed by atoms with Gasteiger partial charge in [-0.15, -0.1) is 0 Å². The fourth-order valence-electron chi connectivity index (χ4n) is 1.49. The molecule has 78 valence electrons. The second-order valence-electron chi connectivity index (χ2n) is 3.69. The van der Waals surface area contributed by atoms with Crippen LogP contribution in [0.4, 0.5) is 0 Å². The third-order valence-corrected chi connectivity index (χ3v) is 2.10. The molecule has 0 N–H and O–H groups in total. The summed E-state index contributed by atoms with van der Waals surface area (Å²) in [7, 11) is 0. The van der Waals surface area contributed by atoms with Crippen LogP contribution >= 0.6 is 0 Å². The second kappa shape index (κ2) is 5.30. The van der Waals surface area contributed by atoms with Crippen molar-refractivity contribution in [3.05, 3.63) is 53.6 Å². The molecule has 0 heterocycles. The molecule has 0 saturated heterocycles. The molecular formula is C14H16O. The first kappa shape index (κ1) is 11.4. The van der Waals surface area contributed by atoms with Crippen molar-refractivity contribution < 1.29 is 4.79 Å². The normalized spacial score (nSPS) is 12.7. The van der Waals surface area contributed by atoms with Crippen LogP contribution in [-0.4, -0.2) is 5.78 Å². The van der Waals surface area contributed by atoms with Gasteiger partial charge < -0.3 is 0 Å². The lowest BCUT2D eigenvalue weighted by molar-refractivity contribution is -0.112. The second-order valence-corrected chi connectivity index (χ2v) is 3.69. The molecule has 0 aliphatic heterocycles. The maximum absolute atomic E-state index is 10.9. The van der Waals surface area contributed by atoms with Crippen molar-refractivity contribution in [1.82, 2.24) is 0 Å². The zero-order valence-corrected chi connectivity index (χ0v) is 9.45. The Labute approximate surface area is 91.1 Å². The number of hydrogen-bond acceptors (Lipinski definition) is 1. The highest BCUT2D eigenvalue weighted by Gasteiger charge is 1.94. The molecule has 0 aromatic heterocycles. The van der Waals surface area contributed by atoms with Crippen LogP contribution in [0.5, 0.6) is 0 Å². The van der Waals surface area contributed by atoms with Crippen molar-refractivity contribution in [2.24, 2.45) is 0 Å². The van der Waals surface area contributed by atoms with Crippen LogP contribution in [0, 0.1) is 0 Å². The summed E-state index contributed by atoms with van der Waals surface area (Å²) in [5.41, 5.74) is 3.35. The highest BCUT2D eigenvalue weighted by atomic mass is 16.1. The molecule has 1 rings (SSSR count). The quantitative estimate of drug-likeness (QED) is 0.538. The van der Waals surface area contributed by atoms with Gasteiger partial charge in [-0.25, -0.2) is 0 Å². The van der Waals surface area contributed by atoms with E-state index in [1.54, 1.807) is 13.0 Å². The highest BCUT2D eigenvalue weighted by molar-refractivity contribution is 5.88. The minimum atomic E-state index is 0.0876. The average molecular weight is 200 g/mol. The van der Waals surface area contributed by atoms with Crippen molar-refractivity contribution in [3.8, 4) is 0 Å². The van der Waals surface area contributed by atoms with Crippen molar-refractivity contribution in [3.63, 3.8) is 0 Å². The fourth-order valence-corrected chi connectivity index (χ4v) is 1.49. The van der Waals surface area contributed by atoms with Crippen LogP contribution in [0.3, 0.4) is 0 Å². The predicted octanol–water partition coefficient (Wildman–Crippen LogP) is 3.63. The Kier molecular flexibility index (Phi) is 4.04. The van der Waals surface area contributed by atoms with Gasteiger partial charge in [-0.05, 0) is 43.6 Å². The molecule has 0 spiro atoms. The van der Waals surface area contributed by atoms with E-state index in [4.69, 9.17) is 0 Å². The van der Waals surface area contributed by atoms with Gasteiger partial charge in [0.2, 0.25) is 0 Å². The number of benzene rings is 1. The van der Waals surface area contributed by atoms with E-state index in [9.17, 15) is 4.79 Å². The van der Waals surface area contributed by atoms with Crippen LogP contribution in [0.2, 0.25) is 0 Å². The molecule has 1 aromatic rings. The topological polar surface area (TPSA) is 17.1 Å². The lowest BCUT2D eigenvalue weighted by Crippen LogP contribution is -1.84. The summed E-state index contributed by atoms with van der Waals surface area (Å²) in [6.45, 7) is 5.55. The zero-order valence-electron chi connectivity index (χ0n) is 9.45. The summed E-state index contributed by atoms with van der Waals surface area (Å²) < 4.78 is 0.